The molecule has 0 aliphatic carbocycles. The Morgan fingerprint density at radius 3 is 2.28 bits per heavy atom. The van der Waals surface area contributed by atoms with Crippen LogP contribution in [-0.2, 0) is 35.1 Å². The monoisotopic (exact) mass is 349 g/mol. The number of benzene rings is 1. The van der Waals surface area contributed by atoms with Gasteiger partial charge in [-0.15, -0.1) is 0 Å². The molecule has 1 aromatic rings. The second-order valence-electron chi connectivity index (χ2n) is 5.08. The van der Waals surface area contributed by atoms with E-state index in [0.29, 0.717) is 6.29 Å². The number of rotatable bonds is 6. The van der Waals surface area contributed by atoms with Gasteiger partial charge in [-0.3, -0.25) is 4.79 Å². The third-order valence-electron chi connectivity index (χ3n) is 3.35. The minimum absolute atomic E-state index is 0.0414. The number of aldehydes is 1. The van der Waals surface area contributed by atoms with Gasteiger partial charge in [0.25, 0.3) is 5.91 Å². The van der Waals surface area contributed by atoms with Crippen molar-refractivity contribution in [3.8, 4) is 0 Å². The number of nitrogens with zero attached hydrogens (tertiary/aromatic N) is 1. The Balaban J connectivity index is 0.000000970. The molecule has 2 rings (SSSR count). The van der Waals surface area contributed by atoms with Crippen LogP contribution in [-0.4, -0.2) is 57.0 Å². The molecule has 1 aromatic carbocycles. The summed E-state index contributed by atoms with van der Waals surface area (Å²) in [5.74, 6) is -1.32. The van der Waals surface area contributed by atoms with E-state index in [2.05, 4.69) is 9.47 Å². The molecule has 7 nitrogen and oxygen atoms in total. The fraction of sp³-hybridized carbons (Fsp3) is 0.389. The van der Waals surface area contributed by atoms with Crippen LogP contribution in [0.3, 0.4) is 0 Å². The lowest BCUT2D eigenvalue weighted by molar-refractivity contribution is -0.137. The van der Waals surface area contributed by atoms with Crippen LogP contribution in [0.5, 0.6) is 0 Å². The number of amides is 1. The third-order valence-corrected chi connectivity index (χ3v) is 3.35. The summed E-state index contributed by atoms with van der Waals surface area (Å²) in [5, 5.41) is 0. The number of carbonyl (C=O) groups is 3. The maximum absolute atomic E-state index is 12.5. The lowest BCUT2D eigenvalue weighted by Gasteiger charge is -2.21. The quantitative estimate of drug-likeness (QED) is 0.569. The average Bonchev–Trinajstić information content (AvgIpc) is 2.88. The Hall–Kier alpha value is -2.67. The number of carbonyl (C=O) groups excluding carboxylic acids is 3. The molecular formula is C18H23NO6. The van der Waals surface area contributed by atoms with Crippen molar-refractivity contribution in [1.29, 1.82) is 0 Å². The number of hydrogen-bond donors (Lipinski definition) is 0. The molecule has 0 fully saturated rings. The van der Waals surface area contributed by atoms with Gasteiger partial charge >= 0.3 is 5.97 Å². The summed E-state index contributed by atoms with van der Waals surface area (Å²) in [6.07, 6.45) is 0.555. The molecule has 1 atom stereocenters. The molecule has 0 saturated heterocycles. The molecule has 0 aromatic heterocycles. The van der Waals surface area contributed by atoms with Crippen LogP contribution in [0.2, 0.25) is 0 Å². The molecule has 1 unspecified atom stereocenters. The van der Waals surface area contributed by atoms with Gasteiger partial charge in [-0.25, -0.2) is 4.79 Å². The lowest BCUT2D eigenvalue weighted by atomic mass is 10.1. The van der Waals surface area contributed by atoms with Crippen LogP contribution in [0.4, 0.5) is 0 Å². The summed E-state index contributed by atoms with van der Waals surface area (Å²) in [5.41, 5.74) is 0.810. The SMILES string of the molecule is CCOC1=C(C(=O)OC)C(C=O)N(Cc2ccccc2)C1=O.COC. The predicted molar refractivity (Wildman–Crippen MR) is 90.4 cm³/mol. The molecule has 0 spiro atoms. The highest BCUT2D eigenvalue weighted by Gasteiger charge is 2.44. The molecule has 1 aliphatic heterocycles. The maximum Gasteiger partial charge on any atom is 0.340 e. The van der Waals surface area contributed by atoms with E-state index in [1.54, 1.807) is 21.1 Å². The second kappa shape index (κ2) is 10.2. The summed E-state index contributed by atoms with van der Waals surface area (Å²) >= 11 is 0. The first-order chi connectivity index (χ1) is 12.0. The van der Waals surface area contributed by atoms with Gasteiger partial charge in [0.05, 0.1) is 13.7 Å². The third kappa shape index (κ3) is 4.90. The zero-order valence-corrected chi connectivity index (χ0v) is 14.9. The Labute approximate surface area is 147 Å². The van der Waals surface area contributed by atoms with E-state index in [1.807, 2.05) is 30.3 Å². The predicted octanol–water partition coefficient (Wildman–Crippen LogP) is 1.32. The molecule has 0 bridgehead atoms. The van der Waals surface area contributed by atoms with Crippen molar-refractivity contribution in [1.82, 2.24) is 4.90 Å². The number of hydrogen-bond acceptors (Lipinski definition) is 6. The largest absolute Gasteiger partial charge is 0.488 e. The summed E-state index contributed by atoms with van der Waals surface area (Å²) in [4.78, 5) is 37.1. The Bertz CT molecular complexity index is 626. The van der Waals surface area contributed by atoms with E-state index in [4.69, 9.17) is 4.74 Å². The van der Waals surface area contributed by atoms with E-state index in [1.165, 1.54) is 12.0 Å². The molecule has 1 aliphatic rings. The van der Waals surface area contributed by atoms with Crippen molar-refractivity contribution >= 4 is 18.2 Å². The average molecular weight is 349 g/mol. The topological polar surface area (TPSA) is 82.1 Å². The number of ether oxygens (including phenoxy) is 3. The van der Waals surface area contributed by atoms with Crippen molar-refractivity contribution in [2.24, 2.45) is 0 Å². The van der Waals surface area contributed by atoms with E-state index in [0.717, 1.165) is 5.56 Å². The van der Waals surface area contributed by atoms with Gasteiger partial charge in [0.2, 0.25) is 0 Å². The molecule has 7 heteroatoms. The highest BCUT2D eigenvalue weighted by molar-refractivity contribution is 6.09. The normalized spacial score (nSPS) is 16.2. The van der Waals surface area contributed by atoms with Crippen molar-refractivity contribution < 1.29 is 28.6 Å². The van der Waals surface area contributed by atoms with Gasteiger partial charge in [-0.05, 0) is 12.5 Å². The fourth-order valence-corrected chi connectivity index (χ4v) is 2.36. The van der Waals surface area contributed by atoms with E-state index in [9.17, 15) is 14.4 Å². The van der Waals surface area contributed by atoms with Gasteiger partial charge in [0.1, 0.15) is 17.9 Å². The summed E-state index contributed by atoms with van der Waals surface area (Å²) in [7, 11) is 4.45. The highest BCUT2D eigenvalue weighted by Crippen LogP contribution is 2.28. The number of methoxy groups -OCH3 is 2. The smallest absolute Gasteiger partial charge is 0.340 e. The van der Waals surface area contributed by atoms with Crippen LogP contribution in [0.15, 0.2) is 41.7 Å². The molecule has 136 valence electrons. The van der Waals surface area contributed by atoms with Crippen LogP contribution in [0.25, 0.3) is 0 Å². The van der Waals surface area contributed by atoms with E-state index in [-0.39, 0.29) is 24.5 Å². The zero-order valence-electron chi connectivity index (χ0n) is 14.9. The standard InChI is InChI=1S/C16H17NO5.C2H6O/c1-3-22-14-13(16(20)21-2)12(10-18)17(15(14)19)9-11-7-5-4-6-8-11;1-3-2/h4-8,10,12H,3,9H2,1-2H3;1-2H3. The molecule has 1 amide bonds. The second-order valence-corrected chi connectivity index (χ2v) is 5.08. The Morgan fingerprint density at radius 1 is 1.20 bits per heavy atom. The van der Waals surface area contributed by atoms with Crippen LogP contribution in [0, 0.1) is 0 Å². The molecule has 0 N–H and O–H groups in total. The Kier molecular flexibility index (Phi) is 8.35. The first-order valence-corrected chi connectivity index (χ1v) is 7.71. The van der Waals surface area contributed by atoms with Gasteiger partial charge in [-0.2, -0.15) is 0 Å². The first-order valence-electron chi connectivity index (χ1n) is 7.71. The van der Waals surface area contributed by atoms with Gasteiger partial charge < -0.3 is 23.9 Å². The Morgan fingerprint density at radius 2 is 1.80 bits per heavy atom. The highest BCUT2D eigenvalue weighted by atomic mass is 16.5. The first kappa shape index (κ1) is 20.4. The van der Waals surface area contributed by atoms with Crippen molar-refractivity contribution in [2.45, 2.75) is 19.5 Å². The van der Waals surface area contributed by atoms with Crippen LogP contribution in [0.1, 0.15) is 12.5 Å². The van der Waals surface area contributed by atoms with E-state index < -0.39 is 17.9 Å². The van der Waals surface area contributed by atoms with Crippen LogP contribution < -0.4 is 0 Å². The molecular weight excluding hydrogens is 326 g/mol. The molecule has 0 radical (unpaired) electrons. The maximum atomic E-state index is 12.5. The lowest BCUT2D eigenvalue weighted by Crippen LogP contribution is -2.37. The fourth-order valence-electron chi connectivity index (χ4n) is 2.36. The minimum atomic E-state index is -0.998. The number of esters is 1. The van der Waals surface area contributed by atoms with E-state index >= 15 is 0 Å². The van der Waals surface area contributed by atoms with Crippen LogP contribution >= 0.6 is 0 Å². The molecule has 0 saturated carbocycles. The van der Waals surface area contributed by atoms with Crippen molar-refractivity contribution in [3.05, 3.63) is 47.2 Å². The summed E-state index contributed by atoms with van der Waals surface area (Å²) in [6, 6.07) is 8.21. The van der Waals surface area contributed by atoms with Gasteiger partial charge in [-0.1, -0.05) is 30.3 Å². The zero-order chi connectivity index (χ0) is 18.8. The minimum Gasteiger partial charge on any atom is -0.488 e. The van der Waals surface area contributed by atoms with Gasteiger partial charge in [0.15, 0.2) is 5.76 Å². The van der Waals surface area contributed by atoms with Gasteiger partial charge in [0, 0.05) is 20.8 Å². The van der Waals surface area contributed by atoms with Crippen molar-refractivity contribution in [2.75, 3.05) is 27.9 Å². The summed E-state index contributed by atoms with van der Waals surface area (Å²) in [6.45, 7) is 2.12. The molecule has 1 heterocycles. The molecule has 25 heavy (non-hydrogen) atoms. The van der Waals surface area contributed by atoms with Crippen molar-refractivity contribution in [3.63, 3.8) is 0 Å². The summed E-state index contributed by atoms with van der Waals surface area (Å²) < 4.78 is 14.2.